The summed E-state index contributed by atoms with van der Waals surface area (Å²) in [5.74, 6) is 0. The third kappa shape index (κ3) is 2.88. The molecular weight excluding hydrogens is 244 g/mol. The maximum Gasteiger partial charge on any atom is 0.322 e. The van der Waals surface area contributed by atoms with Gasteiger partial charge in [0.2, 0.25) is 0 Å². The van der Waals surface area contributed by atoms with Gasteiger partial charge in [0.1, 0.15) is 0 Å². The molecule has 6 heteroatoms. The summed E-state index contributed by atoms with van der Waals surface area (Å²) in [4.78, 5) is 13.1. The SMILES string of the molecule is O=C(Nc1ccc(Cl)cc1)N1C[C@@H](O)[C@@H](O)C1. The summed E-state index contributed by atoms with van der Waals surface area (Å²) in [6, 6.07) is 6.37. The Hall–Kier alpha value is -1.30. The van der Waals surface area contributed by atoms with E-state index < -0.39 is 12.2 Å². The average Bonchev–Trinajstić information content (AvgIpc) is 2.63. The van der Waals surface area contributed by atoms with Crippen molar-refractivity contribution >= 4 is 23.3 Å². The molecule has 1 aliphatic heterocycles. The highest BCUT2D eigenvalue weighted by Gasteiger charge is 2.32. The molecule has 1 fully saturated rings. The van der Waals surface area contributed by atoms with E-state index in [-0.39, 0.29) is 19.1 Å². The van der Waals surface area contributed by atoms with Crippen molar-refractivity contribution in [2.75, 3.05) is 18.4 Å². The van der Waals surface area contributed by atoms with E-state index in [4.69, 9.17) is 11.6 Å². The number of nitrogens with zero attached hydrogens (tertiary/aromatic N) is 1. The van der Waals surface area contributed by atoms with Gasteiger partial charge in [-0.25, -0.2) is 4.79 Å². The molecule has 92 valence electrons. The van der Waals surface area contributed by atoms with Gasteiger partial charge < -0.3 is 20.4 Å². The standard InChI is InChI=1S/C11H13ClN2O3/c12-7-1-3-8(4-2-7)13-11(17)14-5-9(15)10(16)6-14/h1-4,9-10,15-16H,5-6H2,(H,13,17)/t9-,10+. The van der Waals surface area contributed by atoms with E-state index in [0.717, 1.165) is 0 Å². The summed E-state index contributed by atoms with van der Waals surface area (Å²) in [5.41, 5.74) is 0.621. The van der Waals surface area contributed by atoms with Gasteiger partial charge in [-0.05, 0) is 24.3 Å². The number of aliphatic hydroxyl groups is 2. The minimum atomic E-state index is -0.869. The number of nitrogens with one attached hydrogen (secondary N) is 1. The van der Waals surface area contributed by atoms with Gasteiger partial charge in [0.15, 0.2) is 0 Å². The highest BCUT2D eigenvalue weighted by molar-refractivity contribution is 6.30. The molecule has 1 aromatic carbocycles. The Morgan fingerprint density at radius 3 is 2.29 bits per heavy atom. The van der Waals surface area contributed by atoms with Crippen LogP contribution in [0.5, 0.6) is 0 Å². The highest BCUT2D eigenvalue weighted by Crippen LogP contribution is 2.16. The van der Waals surface area contributed by atoms with Crippen LogP contribution in [0, 0.1) is 0 Å². The van der Waals surface area contributed by atoms with Crippen LogP contribution in [0.1, 0.15) is 0 Å². The Kier molecular flexibility index (Phi) is 3.51. The zero-order chi connectivity index (χ0) is 12.4. The lowest BCUT2D eigenvalue weighted by atomic mass is 10.3. The maximum absolute atomic E-state index is 11.8. The summed E-state index contributed by atoms with van der Waals surface area (Å²) in [6.07, 6.45) is -1.74. The maximum atomic E-state index is 11.8. The zero-order valence-electron chi connectivity index (χ0n) is 9.01. The number of carbonyl (C=O) groups is 1. The lowest BCUT2D eigenvalue weighted by Crippen LogP contribution is -2.33. The topological polar surface area (TPSA) is 72.8 Å². The second-order valence-electron chi connectivity index (χ2n) is 3.98. The number of rotatable bonds is 1. The van der Waals surface area contributed by atoms with Crippen molar-refractivity contribution in [3.05, 3.63) is 29.3 Å². The Morgan fingerprint density at radius 2 is 1.76 bits per heavy atom. The van der Waals surface area contributed by atoms with Gasteiger partial charge in [-0.3, -0.25) is 0 Å². The second kappa shape index (κ2) is 4.91. The van der Waals surface area contributed by atoms with E-state index in [1.807, 2.05) is 0 Å². The van der Waals surface area contributed by atoms with E-state index in [1.165, 1.54) is 4.90 Å². The van der Waals surface area contributed by atoms with Gasteiger partial charge in [-0.15, -0.1) is 0 Å². The molecular formula is C11H13ClN2O3. The van der Waals surface area contributed by atoms with E-state index in [9.17, 15) is 15.0 Å². The molecule has 5 nitrogen and oxygen atoms in total. The molecule has 3 N–H and O–H groups in total. The van der Waals surface area contributed by atoms with Crippen LogP contribution in [0.3, 0.4) is 0 Å². The number of hydrogen-bond donors (Lipinski definition) is 3. The van der Waals surface area contributed by atoms with Crippen LogP contribution in [-0.4, -0.2) is 46.4 Å². The van der Waals surface area contributed by atoms with Crippen LogP contribution in [0.15, 0.2) is 24.3 Å². The number of amides is 2. The summed E-state index contributed by atoms with van der Waals surface area (Å²) < 4.78 is 0. The van der Waals surface area contributed by atoms with Gasteiger partial charge in [0, 0.05) is 10.7 Å². The summed E-state index contributed by atoms with van der Waals surface area (Å²) in [6.45, 7) is 0.279. The van der Waals surface area contributed by atoms with E-state index in [1.54, 1.807) is 24.3 Å². The normalized spacial score (nSPS) is 23.8. The van der Waals surface area contributed by atoms with Crippen molar-refractivity contribution in [1.82, 2.24) is 4.90 Å². The predicted molar refractivity (Wildman–Crippen MR) is 64.1 cm³/mol. The number of anilines is 1. The first-order valence-corrected chi connectivity index (χ1v) is 5.61. The van der Waals surface area contributed by atoms with Gasteiger partial charge >= 0.3 is 6.03 Å². The molecule has 1 saturated heterocycles. The number of aliphatic hydroxyl groups excluding tert-OH is 2. The number of hydrogen-bond acceptors (Lipinski definition) is 3. The fourth-order valence-electron chi connectivity index (χ4n) is 1.67. The molecule has 0 radical (unpaired) electrons. The van der Waals surface area contributed by atoms with Gasteiger partial charge in [0.25, 0.3) is 0 Å². The molecule has 17 heavy (non-hydrogen) atoms. The fourth-order valence-corrected chi connectivity index (χ4v) is 1.80. The van der Waals surface area contributed by atoms with Crippen LogP contribution in [0.25, 0.3) is 0 Å². The third-order valence-corrected chi connectivity index (χ3v) is 2.89. The highest BCUT2D eigenvalue weighted by atomic mass is 35.5. The molecule has 0 bridgehead atoms. The van der Waals surface area contributed by atoms with Crippen LogP contribution in [-0.2, 0) is 0 Å². The summed E-state index contributed by atoms with van der Waals surface area (Å²) in [5, 5.41) is 21.9. The molecule has 1 heterocycles. The van der Waals surface area contributed by atoms with Crippen LogP contribution >= 0.6 is 11.6 Å². The molecule has 0 spiro atoms. The van der Waals surface area contributed by atoms with Crippen molar-refractivity contribution in [2.24, 2.45) is 0 Å². The average molecular weight is 257 g/mol. The lowest BCUT2D eigenvalue weighted by molar-refractivity contribution is 0.0572. The Bertz CT molecular complexity index is 400. The van der Waals surface area contributed by atoms with Crippen molar-refractivity contribution in [3.63, 3.8) is 0 Å². The number of carbonyl (C=O) groups excluding carboxylic acids is 1. The fraction of sp³-hybridized carbons (Fsp3) is 0.364. The van der Waals surface area contributed by atoms with E-state index >= 15 is 0 Å². The van der Waals surface area contributed by atoms with Gasteiger partial charge in [-0.1, -0.05) is 11.6 Å². The van der Waals surface area contributed by atoms with Gasteiger partial charge in [-0.2, -0.15) is 0 Å². The predicted octanol–water partition coefficient (Wildman–Crippen LogP) is 0.909. The van der Waals surface area contributed by atoms with E-state index in [2.05, 4.69) is 5.32 Å². The molecule has 1 aliphatic rings. The monoisotopic (exact) mass is 256 g/mol. The lowest BCUT2D eigenvalue weighted by Gasteiger charge is -2.16. The van der Waals surface area contributed by atoms with Crippen LogP contribution in [0.4, 0.5) is 10.5 Å². The number of halogens is 1. The molecule has 0 saturated carbocycles. The molecule has 1 aromatic rings. The summed E-state index contributed by atoms with van der Waals surface area (Å²) in [7, 11) is 0. The molecule has 0 aromatic heterocycles. The Balaban J connectivity index is 1.96. The second-order valence-corrected chi connectivity index (χ2v) is 4.41. The first kappa shape index (κ1) is 12.2. The molecule has 2 amide bonds. The molecule has 2 rings (SSSR count). The zero-order valence-corrected chi connectivity index (χ0v) is 9.76. The van der Waals surface area contributed by atoms with Crippen molar-refractivity contribution < 1.29 is 15.0 Å². The van der Waals surface area contributed by atoms with Crippen LogP contribution in [0.2, 0.25) is 5.02 Å². The first-order chi connectivity index (χ1) is 8.06. The number of benzene rings is 1. The van der Waals surface area contributed by atoms with Crippen molar-refractivity contribution in [3.8, 4) is 0 Å². The largest absolute Gasteiger partial charge is 0.388 e. The minimum absolute atomic E-state index is 0.139. The van der Waals surface area contributed by atoms with Gasteiger partial charge in [0.05, 0.1) is 25.3 Å². The Morgan fingerprint density at radius 1 is 1.24 bits per heavy atom. The van der Waals surface area contributed by atoms with E-state index in [0.29, 0.717) is 10.7 Å². The number of urea groups is 1. The molecule has 0 aliphatic carbocycles. The number of β-amino-alcohol motifs (C(OH)–C–C–N with tert-alkyl or cyclic N) is 2. The van der Waals surface area contributed by atoms with Crippen LogP contribution < -0.4 is 5.32 Å². The quantitative estimate of drug-likeness (QED) is 0.699. The molecule has 2 atom stereocenters. The smallest absolute Gasteiger partial charge is 0.322 e. The van der Waals surface area contributed by atoms with Crippen molar-refractivity contribution in [1.29, 1.82) is 0 Å². The number of likely N-dealkylation sites (tertiary alicyclic amines) is 1. The Labute approximate surface area is 104 Å². The third-order valence-electron chi connectivity index (χ3n) is 2.64. The first-order valence-electron chi connectivity index (χ1n) is 5.24. The molecule has 0 unspecified atom stereocenters. The van der Waals surface area contributed by atoms with Crippen molar-refractivity contribution in [2.45, 2.75) is 12.2 Å². The summed E-state index contributed by atoms with van der Waals surface area (Å²) >= 11 is 5.72. The minimum Gasteiger partial charge on any atom is -0.388 e.